The monoisotopic (exact) mass is 685 g/mol. The van der Waals surface area contributed by atoms with Crippen molar-refractivity contribution >= 4 is 50.6 Å². The van der Waals surface area contributed by atoms with Crippen molar-refractivity contribution < 1.29 is 11.0 Å². The van der Waals surface area contributed by atoms with Gasteiger partial charge in [-0.2, -0.15) is 0 Å². The largest absolute Gasteiger partial charge is 0.309 e. The number of benzene rings is 8. The standard InChI is InChI=1S/C50H35NSi/c1-4-18-34(19-5-1)52(35-20-6-2-7-21-35,36-22-8-3-9-23-36)46-33-17-29-42-47-39-26-10-11-27-40(39)50(49(42)46)48-41(47)28-16-32-45(48)51-43-30-14-12-24-37(43)38-25-13-15-31-44(38)51/h1-33,47,50H/i12D,13D,14D,15D,24D,25D,30D,31D. The molecule has 0 fully saturated rings. The normalized spacial score (nSPS) is 17.8. The Hall–Kier alpha value is -6.22. The Morgan fingerprint density at radius 3 is 1.40 bits per heavy atom. The summed E-state index contributed by atoms with van der Waals surface area (Å²) in [6.07, 6.45) is 0. The zero-order valence-corrected chi connectivity index (χ0v) is 29.0. The Morgan fingerprint density at radius 2 is 0.846 bits per heavy atom. The smallest absolute Gasteiger partial charge is 0.179 e. The molecule has 3 aliphatic carbocycles. The zero-order chi connectivity index (χ0) is 41.2. The van der Waals surface area contributed by atoms with E-state index in [1.807, 2.05) is 12.1 Å². The SMILES string of the molecule is [2H]c1c([2H])c([2H])c2c(c1[2H])c1c([2H])c([2H])c([2H])c([2H])c1n2-c1cccc2c1C1c3ccccc3C2c2cccc([Si](c3ccccc3)(c3ccccc3)c3ccccc3)c21. The van der Waals surface area contributed by atoms with Gasteiger partial charge in [-0.3, -0.25) is 0 Å². The fourth-order valence-electron chi connectivity index (χ4n) is 9.50. The second-order valence-corrected chi connectivity index (χ2v) is 17.5. The highest BCUT2D eigenvalue weighted by molar-refractivity contribution is 7.20. The maximum atomic E-state index is 9.35. The van der Waals surface area contributed by atoms with Crippen molar-refractivity contribution in [2.75, 3.05) is 0 Å². The second-order valence-electron chi connectivity index (χ2n) is 13.7. The van der Waals surface area contributed by atoms with Crippen molar-refractivity contribution in [2.45, 2.75) is 11.8 Å². The third kappa shape index (κ3) is 3.93. The third-order valence-corrected chi connectivity index (χ3v) is 16.2. The summed E-state index contributed by atoms with van der Waals surface area (Å²) in [7, 11) is -3.10. The van der Waals surface area contributed by atoms with Gasteiger partial charge in [-0.05, 0) is 72.3 Å². The molecule has 8 aromatic carbocycles. The quantitative estimate of drug-likeness (QED) is 0.126. The molecular formula is C50H35NSi. The molecule has 12 rings (SSSR count). The van der Waals surface area contributed by atoms with E-state index in [-0.39, 0.29) is 57.8 Å². The number of nitrogens with zero attached hydrogens (tertiary/aromatic N) is 1. The minimum absolute atomic E-state index is 0.0757. The van der Waals surface area contributed by atoms with E-state index in [4.69, 9.17) is 8.22 Å². The van der Waals surface area contributed by atoms with E-state index < -0.39 is 32.2 Å². The van der Waals surface area contributed by atoms with Crippen LogP contribution < -0.4 is 20.7 Å². The van der Waals surface area contributed by atoms with Gasteiger partial charge in [-0.25, -0.2) is 0 Å². The maximum Gasteiger partial charge on any atom is 0.179 e. The number of fused-ring (bicyclic) bond motifs is 3. The third-order valence-electron chi connectivity index (χ3n) is 11.4. The lowest BCUT2D eigenvalue weighted by Crippen LogP contribution is -2.75. The van der Waals surface area contributed by atoms with Gasteiger partial charge in [0.2, 0.25) is 0 Å². The molecule has 0 amide bonds. The Labute approximate surface area is 316 Å². The minimum atomic E-state index is -3.10. The van der Waals surface area contributed by atoms with Crippen LogP contribution in [-0.2, 0) is 0 Å². The van der Waals surface area contributed by atoms with E-state index in [0.29, 0.717) is 5.69 Å². The summed E-state index contributed by atoms with van der Waals surface area (Å²) < 4.78 is 73.6. The van der Waals surface area contributed by atoms with Gasteiger partial charge < -0.3 is 4.57 Å². The molecule has 1 nitrogen and oxygen atoms in total. The van der Waals surface area contributed by atoms with Gasteiger partial charge in [0.05, 0.1) is 27.7 Å². The molecule has 2 heteroatoms. The van der Waals surface area contributed by atoms with Crippen LogP contribution in [0.25, 0.3) is 27.5 Å². The van der Waals surface area contributed by atoms with Crippen molar-refractivity contribution in [3.8, 4) is 5.69 Å². The van der Waals surface area contributed by atoms with Crippen LogP contribution >= 0.6 is 0 Å². The highest BCUT2D eigenvalue weighted by atomic mass is 28.3. The Kier molecular flexibility index (Phi) is 4.94. The average Bonchev–Trinajstić information content (AvgIpc) is 3.66. The molecular weight excluding hydrogens is 643 g/mol. The van der Waals surface area contributed by atoms with Crippen LogP contribution in [0.15, 0.2) is 200 Å². The van der Waals surface area contributed by atoms with Crippen molar-refractivity contribution in [3.63, 3.8) is 0 Å². The first-order valence-corrected chi connectivity index (χ1v) is 19.7. The summed E-state index contributed by atoms with van der Waals surface area (Å²) in [5.41, 5.74) is 7.65. The predicted octanol–water partition coefficient (Wildman–Crippen LogP) is 9.15. The summed E-state index contributed by atoms with van der Waals surface area (Å²) in [4.78, 5) is 0. The maximum absolute atomic E-state index is 9.35. The zero-order valence-electron chi connectivity index (χ0n) is 36.0. The molecule has 244 valence electrons. The van der Waals surface area contributed by atoms with Crippen LogP contribution in [0.5, 0.6) is 0 Å². The molecule has 2 unspecified atom stereocenters. The van der Waals surface area contributed by atoms with E-state index in [0.717, 1.165) is 16.7 Å². The number of hydrogen-bond acceptors (Lipinski definition) is 0. The van der Waals surface area contributed by atoms with Crippen molar-refractivity contribution in [1.29, 1.82) is 0 Å². The molecule has 0 radical (unpaired) electrons. The van der Waals surface area contributed by atoms with E-state index in [9.17, 15) is 2.74 Å². The summed E-state index contributed by atoms with van der Waals surface area (Å²) in [5.74, 6) is -0.522. The molecule has 3 aliphatic rings. The highest BCUT2D eigenvalue weighted by Crippen LogP contribution is 2.57. The molecule has 1 aromatic heterocycles. The Balaban J connectivity index is 1.32. The topological polar surface area (TPSA) is 4.93 Å². The molecule has 52 heavy (non-hydrogen) atoms. The summed E-state index contributed by atoms with van der Waals surface area (Å²) in [6, 6.07) is 50.9. The predicted molar refractivity (Wildman–Crippen MR) is 219 cm³/mol. The van der Waals surface area contributed by atoms with Crippen LogP contribution in [0.1, 0.15) is 56.2 Å². The molecule has 0 spiro atoms. The van der Waals surface area contributed by atoms with Gasteiger partial charge in [-0.15, -0.1) is 0 Å². The number of para-hydroxylation sites is 2. The number of hydrogen-bond donors (Lipinski definition) is 0. The van der Waals surface area contributed by atoms with Crippen LogP contribution in [-0.4, -0.2) is 12.6 Å². The van der Waals surface area contributed by atoms with E-state index in [1.54, 1.807) is 4.57 Å². The molecule has 2 bridgehead atoms. The highest BCUT2D eigenvalue weighted by Gasteiger charge is 2.49. The van der Waals surface area contributed by atoms with E-state index >= 15 is 0 Å². The van der Waals surface area contributed by atoms with E-state index in [1.165, 1.54) is 37.4 Å². The van der Waals surface area contributed by atoms with Crippen LogP contribution in [0, 0.1) is 0 Å². The number of rotatable bonds is 5. The molecule has 0 saturated heterocycles. The molecule has 0 saturated carbocycles. The second kappa shape index (κ2) is 11.4. The van der Waals surface area contributed by atoms with Crippen molar-refractivity contribution in [1.82, 2.24) is 4.57 Å². The average molecular weight is 686 g/mol. The molecule has 0 aliphatic heterocycles. The Morgan fingerprint density at radius 1 is 0.404 bits per heavy atom. The van der Waals surface area contributed by atoms with Gasteiger partial charge in [0.25, 0.3) is 0 Å². The van der Waals surface area contributed by atoms with Gasteiger partial charge in [0, 0.05) is 22.6 Å². The first-order chi connectivity index (χ1) is 29.2. The molecule has 2 atom stereocenters. The lowest BCUT2D eigenvalue weighted by molar-refractivity contribution is 0.752. The van der Waals surface area contributed by atoms with Gasteiger partial charge >= 0.3 is 0 Å². The minimum Gasteiger partial charge on any atom is -0.309 e. The first-order valence-electron chi connectivity index (χ1n) is 21.7. The lowest BCUT2D eigenvalue weighted by atomic mass is 9.60. The van der Waals surface area contributed by atoms with Gasteiger partial charge in [0.15, 0.2) is 8.07 Å². The van der Waals surface area contributed by atoms with Crippen molar-refractivity contribution in [3.05, 3.63) is 233 Å². The summed E-state index contributed by atoms with van der Waals surface area (Å²) in [5, 5.41) is 5.13. The molecule has 0 N–H and O–H groups in total. The van der Waals surface area contributed by atoms with Crippen molar-refractivity contribution in [2.24, 2.45) is 0 Å². The lowest BCUT2D eigenvalue weighted by Gasteiger charge is -2.46. The van der Waals surface area contributed by atoms with E-state index in [2.05, 4.69) is 140 Å². The van der Waals surface area contributed by atoms with Crippen LogP contribution in [0.3, 0.4) is 0 Å². The fourth-order valence-corrected chi connectivity index (χ4v) is 14.6. The Bertz CT molecular complexity index is 3080. The van der Waals surface area contributed by atoms with Gasteiger partial charge in [0.1, 0.15) is 0 Å². The summed E-state index contributed by atoms with van der Waals surface area (Å²) >= 11 is 0. The molecule has 1 heterocycles. The fraction of sp³-hybridized carbons (Fsp3) is 0.0400. The molecule has 9 aromatic rings. The summed E-state index contributed by atoms with van der Waals surface area (Å²) in [6.45, 7) is 0. The van der Waals surface area contributed by atoms with Crippen LogP contribution in [0.4, 0.5) is 0 Å². The number of aromatic nitrogens is 1. The van der Waals surface area contributed by atoms with Crippen LogP contribution in [0.2, 0.25) is 0 Å². The first kappa shape index (κ1) is 22.6. The van der Waals surface area contributed by atoms with Gasteiger partial charge in [-0.1, -0.05) is 182 Å².